The van der Waals surface area contributed by atoms with Crippen molar-refractivity contribution in [2.24, 2.45) is 5.92 Å². The first-order valence-electron chi connectivity index (χ1n) is 12.8. The maximum atomic E-state index is 11.0. The zero-order chi connectivity index (χ0) is 25.5. The number of benzene rings is 3. The number of hydrogen-bond acceptors (Lipinski definition) is 4. The van der Waals surface area contributed by atoms with Crippen molar-refractivity contribution in [2.75, 3.05) is 19.8 Å². The number of carbonyl (C=O) groups is 1. The summed E-state index contributed by atoms with van der Waals surface area (Å²) in [5.41, 5.74) is 8.38. The van der Waals surface area contributed by atoms with Crippen molar-refractivity contribution >= 4 is 5.97 Å². The van der Waals surface area contributed by atoms with Crippen LogP contribution in [0.25, 0.3) is 11.1 Å². The van der Waals surface area contributed by atoms with Gasteiger partial charge >= 0.3 is 5.97 Å². The zero-order valence-corrected chi connectivity index (χ0v) is 21.5. The summed E-state index contributed by atoms with van der Waals surface area (Å²) in [5.74, 6) is 1.25. The topological polar surface area (TPSA) is 65.0 Å². The Morgan fingerprint density at radius 1 is 0.944 bits per heavy atom. The smallest absolute Gasteiger partial charge is 0.303 e. The van der Waals surface area contributed by atoms with Crippen molar-refractivity contribution in [3.8, 4) is 22.6 Å². The molecule has 5 heteroatoms. The molecular weight excluding hydrogens is 452 g/mol. The standard InChI is InChI=1S/C31H36O5/c1-4-34-12-13-35-29-14-21(2)31(22(3)15-29)27-7-5-6-24(17-27)20-36-28-11-10-25-16-23(18-30(32)33)8-9-26(25)19-28/h5-7,10-11,14-15,17,19,23H,4,8-9,12-13,16,18,20H2,1-3H3,(H,32,33). The first-order valence-corrected chi connectivity index (χ1v) is 12.8. The van der Waals surface area contributed by atoms with Crippen LogP contribution in [0, 0.1) is 19.8 Å². The largest absolute Gasteiger partial charge is 0.491 e. The van der Waals surface area contributed by atoms with Gasteiger partial charge in [-0.1, -0.05) is 24.3 Å². The first kappa shape index (κ1) is 25.8. The van der Waals surface area contributed by atoms with Crippen molar-refractivity contribution in [2.45, 2.75) is 53.1 Å². The summed E-state index contributed by atoms with van der Waals surface area (Å²) in [6.07, 6.45) is 2.90. The molecule has 0 fully saturated rings. The molecule has 1 unspecified atom stereocenters. The second-order valence-electron chi connectivity index (χ2n) is 9.60. The van der Waals surface area contributed by atoms with Crippen LogP contribution in [-0.4, -0.2) is 30.9 Å². The van der Waals surface area contributed by atoms with Crippen molar-refractivity contribution in [1.82, 2.24) is 0 Å². The minimum Gasteiger partial charge on any atom is -0.491 e. The van der Waals surface area contributed by atoms with Gasteiger partial charge in [-0.3, -0.25) is 4.79 Å². The number of fused-ring (bicyclic) bond motifs is 1. The second-order valence-corrected chi connectivity index (χ2v) is 9.60. The van der Waals surface area contributed by atoms with Crippen LogP contribution in [0.4, 0.5) is 0 Å². The molecule has 0 aromatic heterocycles. The summed E-state index contributed by atoms with van der Waals surface area (Å²) in [5, 5.41) is 9.09. The molecule has 0 spiro atoms. The van der Waals surface area contributed by atoms with Gasteiger partial charge in [0.25, 0.3) is 0 Å². The maximum Gasteiger partial charge on any atom is 0.303 e. The lowest BCUT2D eigenvalue weighted by atomic mass is 9.82. The SMILES string of the molecule is CCOCCOc1cc(C)c(-c2cccc(COc3ccc4c(c3)CCC(CC(=O)O)C4)c2)c(C)c1. The monoisotopic (exact) mass is 488 g/mol. The summed E-state index contributed by atoms with van der Waals surface area (Å²) in [6.45, 7) is 8.55. The van der Waals surface area contributed by atoms with E-state index < -0.39 is 5.97 Å². The number of ether oxygens (including phenoxy) is 3. The molecule has 0 aliphatic heterocycles. The molecule has 1 N–H and O–H groups in total. The molecular formula is C31H36O5. The van der Waals surface area contributed by atoms with E-state index in [0.717, 1.165) is 36.3 Å². The fraction of sp³-hybridized carbons (Fsp3) is 0.387. The van der Waals surface area contributed by atoms with Gasteiger partial charge in [0.05, 0.1) is 6.61 Å². The molecule has 0 amide bonds. The molecule has 1 aliphatic rings. The molecule has 1 atom stereocenters. The lowest BCUT2D eigenvalue weighted by molar-refractivity contribution is -0.138. The van der Waals surface area contributed by atoms with E-state index in [2.05, 4.69) is 62.4 Å². The third kappa shape index (κ3) is 6.67. The number of hydrogen-bond donors (Lipinski definition) is 1. The van der Waals surface area contributed by atoms with Crippen LogP contribution in [0.15, 0.2) is 54.6 Å². The van der Waals surface area contributed by atoms with E-state index in [4.69, 9.17) is 19.3 Å². The molecule has 3 aromatic carbocycles. The fourth-order valence-electron chi connectivity index (χ4n) is 5.13. The molecule has 0 bridgehead atoms. The van der Waals surface area contributed by atoms with E-state index in [1.165, 1.54) is 33.4 Å². The Morgan fingerprint density at radius 3 is 2.50 bits per heavy atom. The third-order valence-electron chi connectivity index (χ3n) is 6.80. The van der Waals surface area contributed by atoms with Gasteiger partial charge in [0.1, 0.15) is 24.7 Å². The lowest BCUT2D eigenvalue weighted by Gasteiger charge is -2.24. The molecule has 0 radical (unpaired) electrons. The van der Waals surface area contributed by atoms with Crippen LogP contribution in [0.2, 0.25) is 0 Å². The van der Waals surface area contributed by atoms with Crippen LogP contribution in [0.5, 0.6) is 11.5 Å². The van der Waals surface area contributed by atoms with Crippen LogP contribution >= 0.6 is 0 Å². The van der Waals surface area contributed by atoms with Gasteiger partial charge in [-0.25, -0.2) is 0 Å². The number of aliphatic carboxylic acids is 1. The highest BCUT2D eigenvalue weighted by molar-refractivity contribution is 5.72. The molecule has 3 aromatic rings. The number of carboxylic acid groups (broad SMARTS) is 1. The molecule has 0 saturated heterocycles. The Balaban J connectivity index is 1.41. The van der Waals surface area contributed by atoms with Crippen LogP contribution in [0.3, 0.4) is 0 Å². The number of rotatable bonds is 11. The molecule has 0 heterocycles. The van der Waals surface area contributed by atoms with Gasteiger partial charge in [0.15, 0.2) is 0 Å². The summed E-state index contributed by atoms with van der Waals surface area (Å²) in [6, 6.07) is 18.9. The van der Waals surface area contributed by atoms with E-state index in [1.807, 2.05) is 13.0 Å². The average molecular weight is 489 g/mol. The second kappa shape index (κ2) is 12.1. The van der Waals surface area contributed by atoms with Gasteiger partial charge in [0, 0.05) is 13.0 Å². The van der Waals surface area contributed by atoms with E-state index in [9.17, 15) is 4.79 Å². The number of aryl methyl sites for hydroxylation is 3. The normalized spacial score (nSPS) is 14.8. The minimum absolute atomic E-state index is 0.229. The number of carboxylic acids is 1. The third-order valence-corrected chi connectivity index (χ3v) is 6.80. The summed E-state index contributed by atoms with van der Waals surface area (Å²) < 4.78 is 17.4. The van der Waals surface area contributed by atoms with Crippen molar-refractivity contribution < 1.29 is 24.1 Å². The van der Waals surface area contributed by atoms with E-state index >= 15 is 0 Å². The van der Waals surface area contributed by atoms with Crippen molar-refractivity contribution in [3.63, 3.8) is 0 Å². The molecule has 36 heavy (non-hydrogen) atoms. The van der Waals surface area contributed by atoms with Gasteiger partial charge < -0.3 is 19.3 Å². The van der Waals surface area contributed by atoms with Crippen molar-refractivity contribution in [3.05, 3.63) is 82.4 Å². The van der Waals surface area contributed by atoms with Crippen LogP contribution in [0.1, 0.15) is 47.6 Å². The molecule has 1 aliphatic carbocycles. The molecule has 5 nitrogen and oxygen atoms in total. The lowest BCUT2D eigenvalue weighted by Crippen LogP contribution is -2.17. The van der Waals surface area contributed by atoms with E-state index in [1.54, 1.807) is 0 Å². The average Bonchev–Trinajstić information content (AvgIpc) is 2.85. The Labute approximate surface area is 214 Å². The Kier molecular flexibility index (Phi) is 8.65. The zero-order valence-electron chi connectivity index (χ0n) is 21.5. The fourth-order valence-corrected chi connectivity index (χ4v) is 5.13. The highest BCUT2D eigenvalue weighted by Crippen LogP contribution is 2.33. The quantitative estimate of drug-likeness (QED) is 0.310. The minimum atomic E-state index is -0.710. The van der Waals surface area contributed by atoms with Crippen LogP contribution < -0.4 is 9.47 Å². The van der Waals surface area contributed by atoms with Gasteiger partial charge in [-0.05, 0) is 115 Å². The maximum absolute atomic E-state index is 11.0. The Bertz CT molecular complexity index is 1180. The molecule has 190 valence electrons. The highest BCUT2D eigenvalue weighted by Gasteiger charge is 2.21. The van der Waals surface area contributed by atoms with Gasteiger partial charge in [-0.15, -0.1) is 0 Å². The van der Waals surface area contributed by atoms with E-state index in [0.29, 0.717) is 26.4 Å². The van der Waals surface area contributed by atoms with Crippen LogP contribution in [-0.2, 0) is 29.0 Å². The van der Waals surface area contributed by atoms with Crippen molar-refractivity contribution in [1.29, 1.82) is 0 Å². The summed E-state index contributed by atoms with van der Waals surface area (Å²) >= 11 is 0. The predicted octanol–water partition coefficient (Wildman–Crippen LogP) is 6.54. The summed E-state index contributed by atoms with van der Waals surface area (Å²) in [7, 11) is 0. The van der Waals surface area contributed by atoms with E-state index in [-0.39, 0.29) is 12.3 Å². The Morgan fingerprint density at radius 2 is 1.75 bits per heavy atom. The predicted molar refractivity (Wildman–Crippen MR) is 142 cm³/mol. The molecule has 0 saturated carbocycles. The van der Waals surface area contributed by atoms with Gasteiger partial charge in [-0.2, -0.15) is 0 Å². The summed E-state index contributed by atoms with van der Waals surface area (Å²) in [4.78, 5) is 11.0. The highest BCUT2D eigenvalue weighted by atomic mass is 16.5. The van der Waals surface area contributed by atoms with Gasteiger partial charge in [0.2, 0.25) is 0 Å². The first-order chi connectivity index (χ1) is 17.4. The Hall–Kier alpha value is -3.31. The molecule has 4 rings (SSSR count).